The zero-order chi connectivity index (χ0) is 18.0. The molecule has 7 heteroatoms. The molecule has 0 aromatic heterocycles. The second-order valence-electron chi connectivity index (χ2n) is 6.65. The summed E-state index contributed by atoms with van der Waals surface area (Å²) >= 11 is 0. The van der Waals surface area contributed by atoms with Gasteiger partial charge in [-0.25, -0.2) is 4.99 Å². The minimum Gasteiger partial charge on any atom is -0.469 e. The number of aliphatic imine (C=N–C) groups is 2. The van der Waals surface area contributed by atoms with Gasteiger partial charge in [-0.1, -0.05) is 18.6 Å². The molecule has 0 bridgehead atoms. The second kappa shape index (κ2) is 6.74. The molecule has 1 aliphatic heterocycles. The van der Waals surface area contributed by atoms with Crippen LogP contribution in [0, 0.1) is 0 Å². The lowest BCUT2D eigenvalue weighted by Gasteiger charge is -2.45. The predicted molar refractivity (Wildman–Crippen MR) is 98.4 cm³/mol. The summed E-state index contributed by atoms with van der Waals surface area (Å²) in [5.41, 5.74) is 13.4. The van der Waals surface area contributed by atoms with Crippen LogP contribution >= 0.6 is 0 Å². The maximum atomic E-state index is 11.7. The molecule has 1 aromatic rings. The quantitative estimate of drug-likeness (QED) is 0.817. The van der Waals surface area contributed by atoms with Crippen molar-refractivity contribution >= 4 is 23.6 Å². The summed E-state index contributed by atoms with van der Waals surface area (Å²) in [5.74, 6) is 0.0337. The number of esters is 1. The van der Waals surface area contributed by atoms with Gasteiger partial charge in [0.05, 0.1) is 13.0 Å². The lowest BCUT2D eigenvalue weighted by Crippen LogP contribution is -2.58. The molecule has 0 radical (unpaired) electrons. The van der Waals surface area contributed by atoms with Crippen LogP contribution in [0.2, 0.25) is 0 Å². The number of ether oxygens (including phenoxy) is 1. The molecule has 1 saturated carbocycles. The number of nitrogens with zero attached hydrogens (tertiary/aromatic N) is 3. The van der Waals surface area contributed by atoms with Gasteiger partial charge in [-0.15, -0.1) is 0 Å². The van der Waals surface area contributed by atoms with Crippen molar-refractivity contribution in [3.8, 4) is 0 Å². The molecule has 134 valence electrons. The monoisotopic (exact) mass is 343 g/mol. The average Bonchev–Trinajstić information content (AvgIpc) is 2.61. The number of hydrogen-bond donors (Lipinski definition) is 2. The van der Waals surface area contributed by atoms with E-state index in [0.29, 0.717) is 5.96 Å². The van der Waals surface area contributed by atoms with E-state index in [9.17, 15) is 4.79 Å². The first kappa shape index (κ1) is 17.3. The molecule has 0 amide bonds. The van der Waals surface area contributed by atoms with Crippen LogP contribution in [0.25, 0.3) is 0 Å². The largest absolute Gasteiger partial charge is 0.469 e. The van der Waals surface area contributed by atoms with E-state index in [-0.39, 0.29) is 17.8 Å². The smallest absolute Gasteiger partial charge is 0.312 e. The fraction of sp³-hybridized carbons (Fsp3) is 0.500. The van der Waals surface area contributed by atoms with Crippen molar-refractivity contribution in [2.75, 3.05) is 12.0 Å². The van der Waals surface area contributed by atoms with Crippen LogP contribution in [0.3, 0.4) is 0 Å². The molecule has 7 nitrogen and oxygen atoms in total. The van der Waals surface area contributed by atoms with Crippen molar-refractivity contribution in [1.82, 2.24) is 0 Å². The molecule has 0 saturated heterocycles. The summed E-state index contributed by atoms with van der Waals surface area (Å²) in [6, 6.07) is 7.74. The number of carbonyl (C=O) groups excluding carboxylic acids is 1. The van der Waals surface area contributed by atoms with Crippen molar-refractivity contribution in [3.05, 3.63) is 29.8 Å². The van der Waals surface area contributed by atoms with Crippen LogP contribution in [-0.4, -0.2) is 30.7 Å². The Morgan fingerprint density at radius 2 is 1.84 bits per heavy atom. The van der Waals surface area contributed by atoms with E-state index in [0.717, 1.165) is 36.9 Å². The van der Waals surface area contributed by atoms with E-state index in [1.165, 1.54) is 13.5 Å². The third-order valence-electron chi connectivity index (χ3n) is 5.06. The molecule has 1 heterocycles. The number of methoxy groups -OCH3 is 1. The van der Waals surface area contributed by atoms with Crippen molar-refractivity contribution in [2.45, 2.75) is 50.6 Å². The topological polar surface area (TPSA) is 106 Å². The summed E-state index contributed by atoms with van der Waals surface area (Å²) in [6.07, 6.45) is 5.14. The van der Waals surface area contributed by atoms with Crippen LogP contribution in [0.1, 0.15) is 50.5 Å². The van der Waals surface area contributed by atoms with Crippen molar-refractivity contribution in [1.29, 1.82) is 0 Å². The van der Waals surface area contributed by atoms with Gasteiger partial charge in [-0.2, -0.15) is 4.99 Å². The minimum absolute atomic E-state index is 0.242. The van der Waals surface area contributed by atoms with Gasteiger partial charge in [0.15, 0.2) is 0 Å². The number of benzene rings is 1. The van der Waals surface area contributed by atoms with Crippen molar-refractivity contribution < 1.29 is 9.53 Å². The maximum absolute atomic E-state index is 11.7. The van der Waals surface area contributed by atoms with Crippen LogP contribution in [0.4, 0.5) is 5.69 Å². The molecular formula is C18H25N5O2. The van der Waals surface area contributed by atoms with Crippen molar-refractivity contribution in [3.63, 3.8) is 0 Å². The molecule has 1 atom stereocenters. The third kappa shape index (κ3) is 3.18. The molecule has 1 spiro atoms. The lowest BCUT2D eigenvalue weighted by atomic mass is 9.87. The zero-order valence-electron chi connectivity index (χ0n) is 14.7. The van der Waals surface area contributed by atoms with Gasteiger partial charge in [-0.05, 0) is 50.3 Å². The Morgan fingerprint density at radius 1 is 1.20 bits per heavy atom. The number of rotatable bonds is 3. The average molecular weight is 343 g/mol. The maximum Gasteiger partial charge on any atom is 0.312 e. The van der Waals surface area contributed by atoms with E-state index in [1.54, 1.807) is 0 Å². The molecule has 3 rings (SSSR count). The van der Waals surface area contributed by atoms with Crippen LogP contribution < -0.4 is 16.4 Å². The number of nitrogens with two attached hydrogens (primary N) is 2. The first-order valence-electron chi connectivity index (χ1n) is 8.64. The number of anilines is 1. The van der Waals surface area contributed by atoms with Crippen LogP contribution in [0.5, 0.6) is 0 Å². The highest BCUT2D eigenvalue weighted by Crippen LogP contribution is 2.39. The van der Waals surface area contributed by atoms with Crippen molar-refractivity contribution in [2.24, 2.45) is 21.5 Å². The summed E-state index contributed by atoms with van der Waals surface area (Å²) < 4.78 is 4.81. The first-order valence-corrected chi connectivity index (χ1v) is 8.64. The Labute approximate surface area is 147 Å². The molecule has 25 heavy (non-hydrogen) atoms. The first-order chi connectivity index (χ1) is 12.0. The fourth-order valence-corrected chi connectivity index (χ4v) is 3.72. The second-order valence-corrected chi connectivity index (χ2v) is 6.65. The Balaban J connectivity index is 1.93. The third-order valence-corrected chi connectivity index (χ3v) is 5.06. The summed E-state index contributed by atoms with van der Waals surface area (Å²) in [7, 11) is 1.40. The highest BCUT2D eigenvalue weighted by molar-refractivity contribution is 6.05. The molecule has 2 aliphatic rings. The minimum atomic E-state index is -0.455. The standard InChI is InChI=1S/C18H25N5O2/c1-12(15(24)25-2)13-6-8-14(9-7-13)23-17(20)21-16(19)22-18(23)10-4-3-5-11-18/h6-9,12H,3-5,10-11H2,1-2H3,(H4,19,20,21,22). The van der Waals surface area contributed by atoms with Gasteiger partial charge in [0, 0.05) is 5.69 Å². The molecule has 1 fully saturated rings. The molecule has 4 N–H and O–H groups in total. The van der Waals surface area contributed by atoms with Crippen LogP contribution in [-0.2, 0) is 9.53 Å². The van der Waals surface area contributed by atoms with E-state index < -0.39 is 5.66 Å². The van der Waals surface area contributed by atoms with E-state index >= 15 is 0 Å². The van der Waals surface area contributed by atoms with Gasteiger partial charge in [-0.3, -0.25) is 9.69 Å². The van der Waals surface area contributed by atoms with E-state index in [1.807, 2.05) is 36.1 Å². The highest BCUT2D eigenvalue weighted by atomic mass is 16.5. The zero-order valence-corrected chi connectivity index (χ0v) is 14.7. The van der Waals surface area contributed by atoms with Crippen LogP contribution in [0.15, 0.2) is 34.3 Å². The lowest BCUT2D eigenvalue weighted by molar-refractivity contribution is -0.141. The summed E-state index contributed by atoms with van der Waals surface area (Å²) in [4.78, 5) is 22.5. The van der Waals surface area contributed by atoms with Gasteiger partial charge < -0.3 is 16.2 Å². The summed E-state index contributed by atoms with van der Waals surface area (Å²) in [6.45, 7) is 1.82. The van der Waals surface area contributed by atoms with E-state index in [4.69, 9.17) is 16.2 Å². The Morgan fingerprint density at radius 3 is 2.44 bits per heavy atom. The van der Waals surface area contributed by atoms with Gasteiger partial charge >= 0.3 is 5.97 Å². The highest BCUT2D eigenvalue weighted by Gasteiger charge is 2.42. The number of guanidine groups is 2. The summed E-state index contributed by atoms with van der Waals surface area (Å²) in [5, 5.41) is 0. The predicted octanol–water partition coefficient (Wildman–Crippen LogP) is 2.07. The number of carbonyl (C=O) groups is 1. The Bertz CT molecular complexity index is 705. The van der Waals surface area contributed by atoms with Gasteiger partial charge in [0.25, 0.3) is 0 Å². The molecule has 1 unspecified atom stereocenters. The van der Waals surface area contributed by atoms with E-state index in [2.05, 4.69) is 9.98 Å². The Kier molecular flexibility index (Phi) is 4.65. The normalized spacial score (nSPS) is 20.6. The Hall–Kier alpha value is -2.57. The molecule has 1 aliphatic carbocycles. The molecular weight excluding hydrogens is 318 g/mol. The fourth-order valence-electron chi connectivity index (χ4n) is 3.72. The number of hydrogen-bond acceptors (Lipinski definition) is 7. The molecule has 1 aromatic carbocycles. The van der Waals surface area contributed by atoms with Gasteiger partial charge in [0.1, 0.15) is 5.66 Å². The van der Waals surface area contributed by atoms with Gasteiger partial charge in [0.2, 0.25) is 11.9 Å². The SMILES string of the molecule is COC(=O)C(C)c1ccc(N2C(N)=NC(N)=NC23CCCCC3)cc1.